The smallest absolute Gasteiger partial charge is 0.259 e. The molecule has 0 aliphatic carbocycles. The number of amides is 1. The molecule has 1 aromatic heterocycles. The first-order valence-electron chi connectivity index (χ1n) is 8.21. The van der Waals surface area contributed by atoms with Gasteiger partial charge in [0.15, 0.2) is 0 Å². The maximum absolute atomic E-state index is 14.1. The van der Waals surface area contributed by atoms with Gasteiger partial charge in [0.2, 0.25) is 0 Å². The number of anilines is 2. The normalized spacial score (nSPS) is 10.7. The Morgan fingerprint density at radius 2 is 1.70 bits per heavy atom. The van der Waals surface area contributed by atoms with Crippen molar-refractivity contribution >= 4 is 40.8 Å². The summed E-state index contributed by atoms with van der Waals surface area (Å²) in [6, 6.07) is 11.5. The summed E-state index contributed by atoms with van der Waals surface area (Å²) in [6.07, 6.45) is 0. The fraction of sp³-hybridized carbons (Fsp3) is 0.150. The third-order valence-corrected chi connectivity index (χ3v) is 5.22. The van der Waals surface area contributed by atoms with Crippen LogP contribution in [0.25, 0.3) is 0 Å². The number of halogens is 2. The van der Waals surface area contributed by atoms with Gasteiger partial charge in [-0.05, 0) is 75.2 Å². The van der Waals surface area contributed by atoms with Crippen molar-refractivity contribution in [1.29, 1.82) is 0 Å². The molecule has 1 amide bonds. The fourth-order valence-electron chi connectivity index (χ4n) is 2.61. The highest BCUT2D eigenvalue weighted by Crippen LogP contribution is 2.28. The van der Waals surface area contributed by atoms with Crippen LogP contribution >= 0.6 is 23.5 Å². The lowest BCUT2D eigenvalue weighted by atomic mass is 10.1. The second-order valence-electron chi connectivity index (χ2n) is 6.02. The first-order chi connectivity index (χ1) is 12.8. The Hall–Kier alpha value is -2.44. The van der Waals surface area contributed by atoms with Crippen LogP contribution < -0.4 is 10.0 Å². The summed E-state index contributed by atoms with van der Waals surface area (Å²) in [5.74, 6) is 0.602. The number of benzene rings is 2. The maximum Gasteiger partial charge on any atom is 0.259 e. The minimum Gasteiger partial charge on any atom is -0.466 e. The van der Waals surface area contributed by atoms with E-state index in [9.17, 15) is 9.18 Å². The predicted molar refractivity (Wildman–Crippen MR) is 108 cm³/mol. The van der Waals surface area contributed by atoms with E-state index in [2.05, 4.69) is 10.0 Å². The van der Waals surface area contributed by atoms with Crippen LogP contribution in [0.2, 0.25) is 5.02 Å². The molecule has 0 aliphatic heterocycles. The molecule has 140 valence electrons. The Morgan fingerprint density at radius 3 is 2.33 bits per heavy atom. The molecule has 3 aromatic rings. The molecular formula is C20H18ClFN2O2S. The number of aryl methyl sites for hydroxylation is 2. The lowest BCUT2D eigenvalue weighted by Gasteiger charge is -2.10. The molecule has 0 atom stereocenters. The summed E-state index contributed by atoms with van der Waals surface area (Å²) in [7, 11) is 0. The van der Waals surface area contributed by atoms with Crippen LogP contribution in [-0.2, 0) is 0 Å². The van der Waals surface area contributed by atoms with Gasteiger partial charge in [-0.1, -0.05) is 11.6 Å². The molecule has 0 bridgehead atoms. The lowest BCUT2D eigenvalue weighted by Crippen LogP contribution is -2.13. The van der Waals surface area contributed by atoms with Gasteiger partial charge >= 0.3 is 0 Å². The molecule has 0 unspecified atom stereocenters. The summed E-state index contributed by atoms with van der Waals surface area (Å²) in [5.41, 5.74) is 2.59. The predicted octanol–water partition coefficient (Wildman–Crippen LogP) is 6.37. The highest BCUT2D eigenvalue weighted by molar-refractivity contribution is 8.00. The minimum atomic E-state index is -0.383. The summed E-state index contributed by atoms with van der Waals surface area (Å²) in [5, 5.41) is 3.43. The molecule has 1 heterocycles. The number of hydrogen-bond donors (Lipinski definition) is 2. The van der Waals surface area contributed by atoms with Crippen molar-refractivity contribution in [2.75, 3.05) is 10.0 Å². The number of nitrogens with one attached hydrogen (secondary N) is 2. The van der Waals surface area contributed by atoms with Crippen molar-refractivity contribution in [2.45, 2.75) is 25.7 Å². The number of furan rings is 1. The van der Waals surface area contributed by atoms with E-state index in [-0.39, 0.29) is 11.7 Å². The Labute approximate surface area is 166 Å². The second kappa shape index (κ2) is 8.06. The molecule has 27 heavy (non-hydrogen) atoms. The van der Waals surface area contributed by atoms with E-state index in [4.69, 9.17) is 16.0 Å². The average Bonchev–Trinajstić information content (AvgIpc) is 2.89. The van der Waals surface area contributed by atoms with Crippen LogP contribution in [-0.4, -0.2) is 5.91 Å². The molecule has 2 aromatic carbocycles. The Bertz CT molecular complexity index is 986. The third kappa shape index (κ3) is 4.46. The topological polar surface area (TPSA) is 54.3 Å². The molecule has 7 heteroatoms. The first kappa shape index (κ1) is 19.3. The van der Waals surface area contributed by atoms with Crippen molar-refractivity contribution in [3.63, 3.8) is 0 Å². The second-order valence-corrected chi connectivity index (χ2v) is 7.31. The van der Waals surface area contributed by atoms with Crippen molar-refractivity contribution in [1.82, 2.24) is 0 Å². The van der Waals surface area contributed by atoms with Crippen molar-refractivity contribution in [3.05, 3.63) is 76.0 Å². The zero-order valence-corrected chi connectivity index (χ0v) is 16.6. The number of carbonyl (C=O) groups excluding carboxylic acids is 1. The van der Waals surface area contributed by atoms with Crippen molar-refractivity contribution < 1.29 is 13.6 Å². The van der Waals surface area contributed by atoms with Gasteiger partial charge in [0.1, 0.15) is 17.3 Å². The van der Waals surface area contributed by atoms with Gasteiger partial charge in [-0.2, -0.15) is 0 Å². The summed E-state index contributed by atoms with van der Waals surface area (Å²) < 4.78 is 22.7. The molecule has 4 nitrogen and oxygen atoms in total. The van der Waals surface area contributed by atoms with Crippen molar-refractivity contribution in [2.24, 2.45) is 0 Å². The van der Waals surface area contributed by atoms with Gasteiger partial charge in [0.25, 0.3) is 5.91 Å². The molecule has 0 saturated heterocycles. The van der Waals surface area contributed by atoms with Gasteiger partial charge in [0.05, 0.1) is 10.5 Å². The molecule has 0 radical (unpaired) electrons. The fourth-order valence-corrected chi connectivity index (χ4v) is 3.45. The van der Waals surface area contributed by atoms with Crippen LogP contribution in [0.3, 0.4) is 0 Å². The summed E-state index contributed by atoms with van der Waals surface area (Å²) in [4.78, 5) is 12.9. The molecule has 0 spiro atoms. The average molecular weight is 405 g/mol. The number of rotatable bonds is 5. The highest BCUT2D eigenvalue weighted by atomic mass is 35.5. The van der Waals surface area contributed by atoms with Gasteiger partial charge in [-0.3, -0.25) is 4.79 Å². The lowest BCUT2D eigenvalue weighted by molar-refractivity contribution is 0.102. The standard InChI is InChI=1S/C20H18ClFN2O2S/c1-11-12(2)26-13(3)19(11)20(25)23-16-8-9-17(22)18(10-16)27-24-15-6-4-14(21)5-7-15/h4-10,24H,1-3H3,(H,23,25). The van der Waals surface area contributed by atoms with E-state index in [1.807, 2.05) is 13.8 Å². The van der Waals surface area contributed by atoms with E-state index < -0.39 is 0 Å². The minimum absolute atomic E-state index is 0.282. The van der Waals surface area contributed by atoms with Crippen LogP contribution in [0.1, 0.15) is 27.4 Å². The molecule has 0 fully saturated rings. The number of carbonyl (C=O) groups is 1. The highest BCUT2D eigenvalue weighted by Gasteiger charge is 2.19. The molecular weight excluding hydrogens is 387 g/mol. The third-order valence-electron chi connectivity index (χ3n) is 4.10. The van der Waals surface area contributed by atoms with E-state index in [0.29, 0.717) is 32.7 Å². The molecule has 0 saturated carbocycles. The first-order valence-corrected chi connectivity index (χ1v) is 9.40. The summed E-state index contributed by atoms with van der Waals surface area (Å²) >= 11 is 6.97. The SMILES string of the molecule is Cc1oc(C)c(C(=O)Nc2ccc(F)c(SNc3ccc(Cl)cc3)c2)c1C. The quantitative estimate of drug-likeness (QED) is 0.485. The van der Waals surface area contributed by atoms with Gasteiger partial charge < -0.3 is 14.5 Å². The molecule has 0 aliphatic rings. The summed E-state index contributed by atoms with van der Waals surface area (Å²) in [6.45, 7) is 5.40. The zero-order valence-electron chi connectivity index (χ0n) is 15.0. The Balaban J connectivity index is 1.74. The largest absolute Gasteiger partial charge is 0.466 e. The van der Waals surface area contributed by atoms with E-state index in [1.165, 1.54) is 12.1 Å². The van der Waals surface area contributed by atoms with Crippen LogP contribution in [0, 0.1) is 26.6 Å². The number of hydrogen-bond acceptors (Lipinski definition) is 4. The van der Waals surface area contributed by atoms with E-state index >= 15 is 0 Å². The Kier molecular flexibility index (Phi) is 5.77. The van der Waals surface area contributed by atoms with E-state index in [1.54, 1.807) is 37.3 Å². The maximum atomic E-state index is 14.1. The van der Waals surface area contributed by atoms with Gasteiger partial charge in [0, 0.05) is 22.0 Å². The van der Waals surface area contributed by atoms with Crippen LogP contribution in [0.5, 0.6) is 0 Å². The van der Waals surface area contributed by atoms with Crippen molar-refractivity contribution in [3.8, 4) is 0 Å². The zero-order chi connectivity index (χ0) is 19.6. The van der Waals surface area contributed by atoms with E-state index in [0.717, 1.165) is 23.2 Å². The Morgan fingerprint density at radius 1 is 1.04 bits per heavy atom. The van der Waals surface area contributed by atoms with Gasteiger partial charge in [-0.15, -0.1) is 0 Å². The monoisotopic (exact) mass is 404 g/mol. The molecule has 2 N–H and O–H groups in total. The molecule has 3 rings (SSSR count). The van der Waals surface area contributed by atoms with Crippen LogP contribution in [0.15, 0.2) is 51.8 Å². The van der Waals surface area contributed by atoms with Crippen LogP contribution in [0.4, 0.5) is 15.8 Å². The van der Waals surface area contributed by atoms with Gasteiger partial charge in [-0.25, -0.2) is 4.39 Å².